The van der Waals surface area contributed by atoms with Crippen molar-refractivity contribution in [1.82, 2.24) is 0 Å². The van der Waals surface area contributed by atoms with Crippen LogP contribution in [-0.2, 0) is 0 Å². The third kappa shape index (κ3) is 2.25. The Morgan fingerprint density at radius 1 is 0.762 bits per heavy atom. The summed E-state index contributed by atoms with van der Waals surface area (Å²) in [5.41, 5.74) is -5.30. The molecular weight excluding hydrogens is 430 g/mol. The SMILES string of the molecule is CCCCC(I)CC1(F)C(F)(F)C(F)(F)C(F)(F)C1(F)F. The number of alkyl halides is 10. The standard InChI is InChI=1S/C11H12F9I/c1-2-3-4-6(21)5-7(12)8(13,14)10(17,18)11(19,20)9(7,15)16/h6H,2-5H2,1H3. The van der Waals surface area contributed by atoms with Gasteiger partial charge in [-0.1, -0.05) is 42.4 Å². The summed E-state index contributed by atoms with van der Waals surface area (Å²) in [6.45, 7) is 1.68. The lowest BCUT2D eigenvalue weighted by atomic mass is 9.90. The van der Waals surface area contributed by atoms with Gasteiger partial charge in [0.05, 0.1) is 0 Å². The van der Waals surface area contributed by atoms with Crippen molar-refractivity contribution in [3.63, 3.8) is 0 Å². The summed E-state index contributed by atoms with van der Waals surface area (Å²) in [7, 11) is 0. The van der Waals surface area contributed by atoms with Crippen LogP contribution in [0, 0.1) is 0 Å². The second-order valence-corrected chi connectivity index (χ2v) is 6.80. The molecule has 1 saturated carbocycles. The van der Waals surface area contributed by atoms with E-state index in [1.165, 1.54) is 22.6 Å². The lowest BCUT2D eigenvalue weighted by Crippen LogP contribution is -2.55. The minimum Gasteiger partial charge on any atom is -0.230 e. The fourth-order valence-electron chi connectivity index (χ4n) is 2.18. The first-order valence-corrected chi connectivity index (χ1v) is 7.29. The monoisotopic (exact) mass is 442 g/mol. The van der Waals surface area contributed by atoms with Gasteiger partial charge in [0.1, 0.15) is 0 Å². The molecule has 0 N–H and O–H groups in total. The van der Waals surface area contributed by atoms with Gasteiger partial charge in [0.2, 0.25) is 0 Å². The Labute approximate surface area is 128 Å². The normalized spacial score (nSPS) is 29.3. The van der Waals surface area contributed by atoms with Crippen LogP contribution in [-0.4, -0.2) is 33.3 Å². The highest BCUT2D eigenvalue weighted by Crippen LogP contribution is 2.70. The molecule has 1 rings (SSSR count). The average Bonchev–Trinajstić information content (AvgIpc) is 2.38. The molecule has 0 heterocycles. The van der Waals surface area contributed by atoms with E-state index in [0.29, 0.717) is 12.8 Å². The Morgan fingerprint density at radius 3 is 1.48 bits per heavy atom. The maximum absolute atomic E-state index is 14.1. The maximum Gasteiger partial charge on any atom is 0.381 e. The van der Waals surface area contributed by atoms with Crippen molar-refractivity contribution in [1.29, 1.82) is 0 Å². The lowest BCUT2D eigenvalue weighted by molar-refractivity contribution is -0.303. The van der Waals surface area contributed by atoms with E-state index in [9.17, 15) is 39.5 Å². The number of rotatable bonds is 5. The number of hydrogen-bond acceptors (Lipinski definition) is 0. The second kappa shape index (κ2) is 5.33. The van der Waals surface area contributed by atoms with E-state index in [0.717, 1.165) is 0 Å². The van der Waals surface area contributed by atoms with Gasteiger partial charge in [-0.2, -0.15) is 35.1 Å². The fraction of sp³-hybridized carbons (Fsp3) is 1.00. The Hall–Kier alpha value is 0.1000. The third-order valence-corrected chi connectivity index (χ3v) is 4.62. The molecule has 1 unspecified atom stereocenters. The van der Waals surface area contributed by atoms with Crippen molar-refractivity contribution in [2.75, 3.05) is 0 Å². The topological polar surface area (TPSA) is 0 Å². The van der Waals surface area contributed by atoms with E-state index >= 15 is 0 Å². The van der Waals surface area contributed by atoms with Gasteiger partial charge < -0.3 is 0 Å². The highest BCUT2D eigenvalue weighted by Gasteiger charge is 3.00. The molecule has 1 aliphatic rings. The van der Waals surface area contributed by atoms with Crippen molar-refractivity contribution in [2.24, 2.45) is 0 Å². The summed E-state index contributed by atoms with van der Waals surface area (Å²) < 4.78 is 118. The van der Waals surface area contributed by atoms with E-state index in [-0.39, 0.29) is 6.42 Å². The van der Waals surface area contributed by atoms with Gasteiger partial charge in [0.25, 0.3) is 5.67 Å². The molecule has 0 aromatic carbocycles. The largest absolute Gasteiger partial charge is 0.381 e. The summed E-state index contributed by atoms with van der Waals surface area (Å²) in [5, 5.41) is 0. The molecule has 0 amide bonds. The molecule has 0 aromatic rings. The average molecular weight is 442 g/mol. The van der Waals surface area contributed by atoms with Gasteiger partial charge in [-0.15, -0.1) is 0 Å². The molecule has 0 radical (unpaired) electrons. The molecule has 0 aliphatic heterocycles. The smallest absolute Gasteiger partial charge is 0.230 e. The summed E-state index contributed by atoms with van der Waals surface area (Å²) in [4.78, 5) is 0. The molecule has 0 spiro atoms. The highest BCUT2D eigenvalue weighted by atomic mass is 127. The van der Waals surface area contributed by atoms with Gasteiger partial charge in [0.15, 0.2) is 0 Å². The summed E-state index contributed by atoms with van der Waals surface area (Å²) >= 11 is 1.33. The maximum atomic E-state index is 14.1. The van der Waals surface area contributed by atoms with E-state index in [1.807, 2.05) is 0 Å². The zero-order chi connectivity index (χ0) is 16.9. The Balaban J connectivity index is 3.26. The van der Waals surface area contributed by atoms with E-state index in [2.05, 4.69) is 0 Å². The van der Waals surface area contributed by atoms with Crippen LogP contribution in [0.2, 0.25) is 0 Å². The zero-order valence-corrected chi connectivity index (χ0v) is 12.8. The Bertz CT molecular complexity index is 367. The molecular formula is C11H12F9I. The van der Waals surface area contributed by atoms with Gasteiger partial charge in [-0.25, -0.2) is 4.39 Å². The third-order valence-electron chi connectivity index (χ3n) is 3.55. The summed E-state index contributed by atoms with van der Waals surface area (Å²) in [5.74, 6) is -25.2. The van der Waals surface area contributed by atoms with Crippen LogP contribution in [0.25, 0.3) is 0 Å². The first-order chi connectivity index (χ1) is 9.20. The molecule has 126 valence electrons. The second-order valence-electron chi connectivity index (χ2n) is 5.04. The molecule has 21 heavy (non-hydrogen) atoms. The van der Waals surface area contributed by atoms with Crippen LogP contribution < -0.4 is 0 Å². The van der Waals surface area contributed by atoms with Gasteiger partial charge >= 0.3 is 23.7 Å². The number of halogens is 10. The molecule has 1 atom stereocenters. The molecule has 0 bridgehead atoms. The van der Waals surface area contributed by atoms with Crippen LogP contribution in [0.1, 0.15) is 32.6 Å². The fourth-order valence-corrected chi connectivity index (χ4v) is 3.23. The molecule has 1 fully saturated rings. The first kappa shape index (κ1) is 19.1. The van der Waals surface area contributed by atoms with Gasteiger partial charge in [0, 0.05) is 10.3 Å². The summed E-state index contributed by atoms with van der Waals surface area (Å²) in [6.07, 6.45) is -0.934. The van der Waals surface area contributed by atoms with E-state index in [1.54, 1.807) is 6.92 Å². The van der Waals surface area contributed by atoms with Crippen LogP contribution in [0.4, 0.5) is 39.5 Å². The minimum absolute atomic E-state index is 0.0218. The zero-order valence-electron chi connectivity index (χ0n) is 10.7. The van der Waals surface area contributed by atoms with E-state index in [4.69, 9.17) is 0 Å². The first-order valence-electron chi connectivity index (χ1n) is 6.05. The number of unbranched alkanes of at least 4 members (excludes halogenated alkanes) is 1. The van der Waals surface area contributed by atoms with Crippen molar-refractivity contribution < 1.29 is 39.5 Å². The summed E-state index contributed by atoms with van der Waals surface area (Å²) in [6, 6.07) is 0. The van der Waals surface area contributed by atoms with Crippen molar-refractivity contribution >= 4 is 22.6 Å². The van der Waals surface area contributed by atoms with Crippen LogP contribution in [0.3, 0.4) is 0 Å². The van der Waals surface area contributed by atoms with Crippen molar-refractivity contribution in [2.45, 2.75) is 65.9 Å². The minimum atomic E-state index is -6.46. The van der Waals surface area contributed by atoms with E-state index < -0.39 is 39.7 Å². The molecule has 0 saturated heterocycles. The van der Waals surface area contributed by atoms with Crippen LogP contribution in [0.15, 0.2) is 0 Å². The van der Waals surface area contributed by atoms with Crippen LogP contribution >= 0.6 is 22.6 Å². The molecule has 1 aliphatic carbocycles. The molecule has 10 heteroatoms. The van der Waals surface area contributed by atoms with Crippen molar-refractivity contribution in [3.05, 3.63) is 0 Å². The van der Waals surface area contributed by atoms with Crippen molar-refractivity contribution in [3.8, 4) is 0 Å². The van der Waals surface area contributed by atoms with Gasteiger partial charge in [-0.3, -0.25) is 0 Å². The highest BCUT2D eigenvalue weighted by molar-refractivity contribution is 14.1. The predicted octanol–water partition coefficient (Wildman–Crippen LogP) is 5.63. The molecule has 0 aromatic heterocycles. The predicted molar refractivity (Wildman–Crippen MR) is 65.6 cm³/mol. The Morgan fingerprint density at radius 2 is 1.14 bits per heavy atom. The Kier molecular flexibility index (Phi) is 4.86. The van der Waals surface area contributed by atoms with Crippen LogP contribution in [0.5, 0.6) is 0 Å². The van der Waals surface area contributed by atoms with Gasteiger partial charge in [-0.05, 0) is 6.42 Å². The lowest BCUT2D eigenvalue weighted by Gasteiger charge is -2.32. The quantitative estimate of drug-likeness (QED) is 0.294. The molecule has 0 nitrogen and oxygen atoms in total. The number of hydrogen-bond donors (Lipinski definition) is 0.